The van der Waals surface area contributed by atoms with Gasteiger partial charge in [-0.1, -0.05) is 38.1 Å². The molecule has 1 fully saturated rings. The maximum Gasteiger partial charge on any atom is 0.222 e. The summed E-state index contributed by atoms with van der Waals surface area (Å²) >= 11 is 0. The first-order chi connectivity index (χ1) is 10.6. The van der Waals surface area contributed by atoms with Crippen LogP contribution in [0.4, 0.5) is 0 Å². The molecular formula is C19H30N2O. The highest BCUT2D eigenvalue weighted by atomic mass is 16.2. The highest BCUT2D eigenvalue weighted by Gasteiger charge is 2.24. The molecule has 0 radical (unpaired) electrons. The largest absolute Gasteiger partial charge is 0.343 e. The topological polar surface area (TPSA) is 23.6 Å². The van der Waals surface area contributed by atoms with E-state index in [2.05, 4.69) is 43.0 Å². The van der Waals surface area contributed by atoms with Gasteiger partial charge in [-0.05, 0) is 43.4 Å². The number of nitrogens with zero attached hydrogens (tertiary/aromatic N) is 2. The molecule has 1 amide bonds. The molecule has 3 nitrogen and oxygen atoms in total. The Morgan fingerprint density at radius 1 is 1.14 bits per heavy atom. The summed E-state index contributed by atoms with van der Waals surface area (Å²) in [5.74, 6) is 0.287. The van der Waals surface area contributed by atoms with Crippen molar-refractivity contribution in [1.82, 2.24) is 9.80 Å². The quantitative estimate of drug-likeness (QED) is 0.806. The van der Waals surface area contributed by atoms with Crippen molar-refractivity contribution in [3.63, 3.8) is 0 Å². The predicted octanol–water partition coefficient (Wildman–Crippen LogP) is 3.12. The molecule has 0 unspecified atom stereocenters. The Bertz CT molecular complexity index is 461. The monoisotopic (exact) mass is 302 g/mol. The number of benzene rings is 1. The standard InChI is InChI=1S/C19H30N2O/c1-4-16-6-8-17(9-7-16)10-11-19(22)20(3)18-12-14-21(5-2)15-13-18/h6-9,18H,4-5,10-15H2,1-3H3. The number of piperidine rings is 1. The Morgan fingerprint density at radius 3 is 2.27 bits per heavy atom. The minimum Gasteiger partial charge on any atom is -0.343 e. The third-order valence-electron chi connectivity index (χ3n) is 5.00. The molecule has 1 saturated heterocycles. The first-order valence-corrected chi connectivity index (χ1v) is 8.69. The number of likely N-dealkylation sites (tertiary alicyclic amines) is 1. The molecule has 0 aliphatic carbocycles. The molecule has 1 aliphatic rings. The van der Waals surface area contributed by atoms with Gasteiger partial charge >= 0.3 is 0 Å². The average molecular weight is 302 g/mol. The Morgan fingerprint density at radius 2 is 1.73 bits per heavy atom. The van der Waals surface area contributed by atoms with Crippen LogP contribution in [-0.4, -0.2) is 48.4 Å². The Kier molecular flexibility index (Phi) is 6.44. The lowest BCUT2D eigenvalue weighted by molar-refractivity contribution is -0.132. The van der Waals surface area contributed by atoms with Crippen molar-refractivity contribution in [3.8, 4) is 0 Å². The summed E-state index contributed by atoms with van der Waals surface area (Å²) < 4.78 is 0. The van der Waals surface area contributed by atoms with Crippen LogP contribution < -0.4 is 0 Å². The molecule has 0 aromatic heterocycles. The van der Waals surface area contributed by atoms with Crippen LogP contribution in [0.5, 0.6) is 0 Å². The van der Waals surface area contributed by atoms with Crippen LogP contribution in [0.3, 0.4) is 0 Å². The zero-order valence-electron chi connectivity index (χ0n) is 14.3. The molecule has 0 N–H and O–H groups in total. The molecule has 122 valence electrons. The van der Waals surface area contributed by atoms with Crippen LogP contribution in [0.15, 0.2) is 24.3 Å². The first-order valence-electron chi connectivity index (χ1n) is 8.69. The number of hydrogen-bond donors (Lipinski definition) is 0. The van der Waals surface area contributed by atoms with Gasteiger partial charge in [0.25, 0.3) is 0 Å². The molecule has 0 atom stereocenters. The zero-order chi connectivity index (χ0) is 15.9. The number of carbonyl (C=O) groups is 1. The van der Waals surface area contributed by atoms with E-state index in [0.717, 1.165) is 45.3 Å². The first kappa shape index (κ1) is 17.0. The van der Waals surface area contributed by atoms with Gasteiger partial charge in [0.2, 0.25) is 5.91 Å². The van der Waals surface area contributed by atoms with Gasteiger partial charge in [-0.15, -0.1) is 0 Å². The highest BCUT2D eigenvalue weighted by Crippen LogP contribution is 2.16. The summed E-state index contributed by atoms with van der Waals surface area (Å²) in [6, 6.07) is 9.09. The lowest BCUT2D eigenvalue weighted by Gasteiger charge is -2.36. The van der Waals surface area contributed by atoms with Gasteiger partial charge in [-0.2, -0.15) is 0 Å². The van der Waals surface area contributed by atoms with Crippen molar-refractivity contribution in [1.29, 1.82) is 0 Å². The lowest BCUT2D eigenvalue weighted by Crippen LogP contribution is -2.45. The van der Waals surface area contributed by atoms with Crippen LogP contribution in [0.25, 0.3) is 0 Å². The molecule has 1 aromatic rings. The number of amides is 1. The summed E-state index contributed by atoms with van der Waals surface area (Å²) in [6.45, 7) is 7.74. The molecular weight excluding hydrogens is 272 g/mol. The third-order valence-corrected chi connectivity index (χ3v) is 5.00. The highest BCUT2D eigenvalue weighted by molar-refractivity contribution is 5.76. The second-order valence-corrected chi connectivity index (χ2v) is 6.34. The zero-order valence-corrected chi connectivity index (χ0v) is 14.3. The van der Waals surface area contributed by atoms with Crippen molar-refractivity contribution >= 4 is 5.91 Å². The summed E-state index contributed by atoms with van der Waals surface area (Å²) in [4.78, 5) is 16.9. The fraction of sp³-hybridized carbons (Fsp3) is 0.632. The summed E-state index contributed by atoms with van der Waals surface area (Å²) in [5.41, 5.74) is 2.62. The number of rotatable bonds is 6. The van der Waals surface area contributed by atoms with E-state index in [1.807, 2.05) is 11.9 Å². The van der Waals surface area contributed by atoms with Gasteiger partial charge < -0.3 is 9.80 Å². The van der Waals surface area contributed by atoms with Gasteiger partial charge in [0.05, 0.1) is 0 Å². The maximum atomic E-state index is 12.4. The van der Waals surface area contributed by atoms with E-state index in [1.165, 1.54) is 11.1 Å². The minimum atomic E-state index is 0.287. The van der Waals surface area contributed by atoms with Crippen molar-refractivity contribution in [2.24, 2.45) is 0 Å². The maximum absolute atomic E-state index is 12.4. The molecule has 3 heteroatoms. The van der Waals surface area contributed by atoms with Crippen LogP contribution >= 0.6 is 0 Å². The molecule has 1 heterocycles. The second-order valence-electron chi connectivity index (χ2n) is 6.34. The fourth-order valence-electron chi connectivity index (χ4n) is 3.20. The van der Waals surface area contributed by atoms with E-state index in [0.29, 0.717) is 12.5 Å². The molecule has 22 heavy (non-hydrogen) atoms. The third kappa shape index (κ3) is 4.57. The fourth-order valence-corrected chi connectivity index (χ4v) is 3.20. The van der Waals surface area contributed by atoms with Gasteiger partial charge in [0.1, 0.15) is 0 Å². The normalized spacial score (nSPS) is 16.7. The Labute approximate surface area is 135 Å². The molecule has 0 spiro atoms. The Balaban J connectivity index is 1.78. The van der Waals surface area contributed by atoms with Crippen LogP contribution in [0.2, 0.25) is 0 Å². The van der Waals surface area contributed by atoms with E-state index >= 15 is 0 Å². The van der Waals surface area contributed by atoms with E-state index < -0.39 is 0 Å². The predicted molar refractivity (Wildman–Crippen MR) is 92.0 cm³/mol. The van der Waals surface area contributed by atoms with Crippen LogP contribution in [0, 0.1) is 0 Å². The van der Waals surface area contributed by atoms with Crippen molar-refractivity contribution in [2.45, 2.75) is 52.0 Å². The van der Waals surface area contributed by atoms with E-state index in [9.17, 15) is 4.79 Å². The summed E-state index contributed by atoms with van der Waals surface area (Å²) in [5, 5.41) is 0. The molecule has 2 rings (SSSR count). The SMILES string of the molecule is CCc1ccc(CCC(=O)N(C)C2CCN(CC)CC2)cc1. The summed E-state index contributed by atoms with van der Waals surface area (Å²) in [7, 11) is 1.98. The van der Waals surface area contributed by atoms with Crippen molar-refractivity contribution < 1.29 is 4.79 Å². The molecule has 1 aromatic carbocycles. The smallest absolute Gasteiger partial charge is 0.222 e. The lowest BCUT2D eigenvalue weighted by atomic mass is 10.0. The van der Waals surface area contributed by atoms with Crippen molar-refractivity contribution in [3.05, 3.63) is 35.4 Å². The summed E-state index contributed by atoms with van der Waals surface area (Å²) in [6.07, 6.45) is 4.76. The van der Waals surface area contributed by atoms with Crippen LogP contribution in [0.1, 0.15) is 44.2 Å². The number of hydrogen-bond acceptors (Lipinski definition) is 2. The van der Waals surface area contributed by atoms with Gasteiger partial charge in [-0.3, -0.25) is 4.79 Å². The number of carbonyl (C=O) groups excluding carboxylic acids is 1. The van der Waals surface area contributed by atoms with Crippen molar-refractivity contribution in [2.75, 3.05) is 26.7 Å². The van der Waals surface area contributed by atoms with Gasteiger partial charge in [0.15, 0.2) is 0 Å². The minimum absolute atomic E-state index is 0.287. The second kappa shape index (κ2) is 8.33. The molecule has 1 aliphatic heterocycles. The van der Waals surface area contributed by atoms with E-state index in [1.54, 1.807) is 0 Å². The molecule has 0 bridgehead atoms. The Hall–Kier alpha value is -1.35. The number of aryl methyl sites for hydroxylation is 2. The van der Waals surface area contributed by atoms with E-state index in [4.69, 9.17) is 0 Å². The van der Waals surface area contributed by atoms with Gasteiger partial charge in [-0.25, -0.2) is 0 Å². The van der Waals surface area contributed by atoms with Crippen LogP contribution in [-0.2, 0) is 17.6 Å². The molecule has 0 saturated carbocycles. The average Bonchev–Trinajstić information content (AvgIpc) is 2.59. The van der Waals surface area contributed by atoms with E-state index in [-0.39, 0.29) is 5.91 Å². The van der Waals surface area contributed by atoms with Gasteiger partial charge in [0, 0.05) is 32.6 Å².